The predicted molar refractivity (Wildman–Crippen MR) is 118 cm³/mol. The number of hydrogen-bond donors (Lipinski definition) is 1. The molecule has 0 atom stereocenters. The van der Waals surface area contributed by atoms with Crippen molar-refractivity contribution >= 4 is 5.91 Å². The summed E-state index contributed by atoms with van der Waals surface area (Å²) in [6.45, 7) is 3.22. The van der Waals surface area contributed by atoms with Crippen LogP contribution in [0.2, 0.25) is 0 Å². The smallest absolute Gasteiger partial charge is 0.251 e. The van der Waals surface area contributed by atoms with E-state index in [-0.39, 0.29) is 12.0 Å². The second-order valence-electron chi connectivity index (χ2n) is 8.36. The number of carbonyl (C=O) groups excluding carboxylic acids is 1. The van der Waals surface area contributed by atoms with Gasteiger partial charge in [0.25, 0.3) is 5.91 Å². The third kappa shape index (κ3) is 5.76. The van der Waals surface area contributed by atoms with Crippen molar-refractivity contribution in [3.05, 3.63) is 59.7 Å². The molecule has 4 rings (SSSR count). The molecule has 1 aliphatic carbocycles. The Labute approximate surface area is 179 Å². The summed E-state index contributed by atoms with van der Waals surface area (Å²) in [6.07, 6.45) is 6.61. The summed E-state index contributed by atoms with van der Waals surface area (Å²) in [6, 6.07) is 16.5. The van der Waals surface area contributed by atoms with Crippen LogP contribution < -0.4 is 14.8 Å². The molecule has 0 bridgehead atoms. The first kappa shape index (κ1) is 20.7. The highest BCUT2D eigenvalue weighted by Crippen LogP contribution is 2.31. The number of ether oxygens (including phenoxy) is 2. The van der Waals surface area contributed by atoms with Crippen LogP contribution in [0.3, 0.4) is 0 Å². The normalized spacial score (nSPS) is 17.5. The molecule has 1 aliphatic heterocycles. The predicted octanol–water partition coefficient (Wildman–Crippen LogP) is 4.06. The van der Waals surface area contributed by atoms with Crippen molar-refractivity contribution in [3.63, 3.8) is 0 Å². The number of carbonyl (C=O) groups is 1. The molecule has 0 radical (unpaired) electrons. The van der Waals surface area contributed by atoms with Crippen molar-refractivity contribution in [1.29, 1.82) is 0 Å². The summed E-state index contributed by atoms with van der Waals surface area (Å²) in [7, 11) is 1.64. The number of amides is 1. The van der Waals surface area contributed by atoms with Crippen LogP contribution in [0.5, 0.6) is 11.5 Å². The number of hydrogen-bond acceptors (Lipinski definition) is 4. The Morgan fingerprint density at radius 2 is 1.80 bits per heavy atom. The van der Waals surface area contributed by atoms with Gasteiger partial charge in [-0.2, -0.15) is 0 Å². The fraction of sp³-hybridized carbons (Fsp3) is 0.480. The van der Waals surface area contributed by atoms with Gasteiger partial charge in [-0.1, -0.05) is 30.3 Å². The molecule has 2 aliphatic rings. The quantitative estimate of drug-likeness (QED) is 0.680. The lowest BCUT2D eigenvalue weighted by atomic mass is 10.1. The summed E-state index contributed by atoms with van der Waals surface area (Å²) in [4.78, 5) is 14.9. The van der Waals surface area contributed by atoms with Gasteiger partial charge in [0.15, 0.2) is 11.5 Å². The van der Waals surface area contributed by atoms with E-state index in [2.05, 4.69) is 40.5 Å². The van der Waals surface area contributed by atoms with Crippen LogP contribution in [-0.4, -0.2) is 49.7 Å². The van der Waals surface area contributed by atoms with E-state index in [1.807, 2.05) is 12.1 Å². The van der Waals surface area contributed by atoms with Gasteiger partial charge in [0.2, 0.25) is 0 Å². The zero-order chi connectivity index (χ0) is 20.8. The first-order valence-electron chi connectivity index (χ1n) is 11.1. The Morgan fingerprint density at radius 3 is 2.50 bits per heavy atom. The number of nitrogens with one attached hydrogen (secondary N) is 1. The summed E-state index contributed by atoms with van der Waals surface area (Å²) >= 11 is 0. The number of nitrogens with zero attached hydrogens (tertiary/aromatic N) is 1. The van der Waals surface area contributed by atoms with Gasteiger partial charge in [-0.3, -0.25) is 4.79 Å². The molecule has 0 aromatic heterocycles. The Hall–Kier alpha value is -2.53. The lowest BCUT2D eigenvalue weighted by Crippen LogP contribution is -2.38. The van der Waals surface area contributed by atoms with Gasteiger partial charge in [-0.25, -0.2) is 0 Å². The molecular weight excluding hydrogens is 376 g/mol. The minimum absolute atomic E-state index is 0.0294. The van der Waals surface area contributed by atoms with Crippen LogP contribution in [0.1, 0.15) is 48.0 Å². The number of methoxy groups -OCH3 is 1. The lowest BCUT2D eigenvalue weighted by molar-refractivity contribution is 0.0935. The molecule has 1 N–H and O–H groups in total. The van der Waals surface area contributed by atoms with Crippen molar-refractivity contribution in [2.75, 3.05) is 26.7 Å². The molecule has 1 saturated heterocycles. The van der Waals surface area contributed by atoms with Gasteiger partial charge in [0.05, 0.1) is 7.11 Å². The average Bonchev–Trinajstić information content (AvgIpc) is 3.60. The van der Waals surface area contributed by atoms with Gasteiger partial charge < -0.3 is 19.7 Å². The molecular formula is C25H32N2O3. The molecule has 2 aromatic carbocycles. The largest absolute Gasteiger partial charge is 0.493 e. The average molecular weight is 409 g/mol. The molecule has 1 amide bonds. The number of rotatable bonds is 9. The molecule has 5 heteroatoms. The topological polar surface area (TPSA) is 50.8 Å². The van der Waals surface area contributed by atoms with E-state index in [4.69, 9.17) is 9.47 Å². The maximum absolute atomic E-state index is 12.4. The molecule has 1 saturated carbocycles. The van der Waals surface area contributed by atoms with Crippen molar-refractivity contribution in [2.45, 2.75) is 50.7 Å². The zero-order valence-electron chi connectivity index (χ0n) is 17.8. The van der Waals surface area contributed by atoms with E-state index in [0.717, 1.165) is 51.7 Å². The molecule has 2 fully saturated rings. The van der Waals surface area contributed by atoms with Crippen LogP contribution in [0.25, 0.3) is 0 Å². The monoisotopic (exact) mass is 408 g/mol. The van der Waals surface area contributed by atoms with E-state index in [9.17, 15) is 4.79 Å². The molecule has 160 valence electrons. The van der Waals surface area contributed by atoms with Crippen LogP contribution in [0.15, 0.2) is 48.5 Å². The Kier molecular flexibility index (Phi) is 6.90. The number of likely N-dealkylation sites (tertiary alicyclic amines) is 1. The summed E-state index contributed by atoms with van der Waals surface area (Å²) in [5, 5.41) is 3.03. The minimum Gasteiger partial charge on any atom is -0.493 e. The molecule has 2 aromatic rings. The highest BCUT2D eigenvalue weighted by Gasteiger charge is 2.25. The fourth-order valence-corrected chi connectivity index (χ4v) is 3.99. The summed E-state index contributed by atoms with van der Waals surface area (Å²) < 4.78 is 11.7. The molecule has 1 heterocycles. The molecule has 0 spiro atoms. The Bertz CT molecular complexity index is 828. The number of aryl methyl sites for hydroxylation is 1. The number of piperidine rings is 1. The Balaban J connectivity index is 1.26. The van der Waals surface area contributed by atoms with Crippen molar-refractivity contribution in [3.8, 4) is 11.5 Å². The second kappa shape index (κ2) is 9.98. The van der Waals surface area contributed by atoms with Crippen LogP contribution in [0.4, 0.5) is 0 Å². The highest BCUT2D eigenvalue weighted by molar-refractivity contribution is 5.95. The summed E-state index contributed by atoms with van der Waals surface area (Å²) in [5.41, 5.74) is 2.05. The number of benzene rings is 2. The minimum atomic E-state index is -0.0294. The second-order valence-corrected chi connectivity index (χ2v) is 8.36. The molecule has 5 nitrogen and oxygen atoms in total. The van der Waals surface area contributed by atoms with Gasteiger partial charge in [-0.15, -0.1) is 0 Å². The van der Waals surface area contributed by atoms with Crippen molar-refractivity contribution < 1.29 is 14.3 Å². The first-order chi connectivity index (χ1) is 14.7. The van der Waals surface area contributed by atoms with Crippen LogP contribution >= 0.6 is 0 Å². The zero-order valence-corrected chi connectivity index (χ0v) is 17.8. The van der Waals surface area contributed by atoms with Gasteiger partial charge in [0.1, 0.15) is 6.10 Å². The van der Waals surface area contributed by atoms with Crippen LogP contribution in [0, 0.1) is 0 Å². The molecule has 30 heavy (non-hydrogen) atoms. The third-order valence-electron chi connectivity index (χ3n) is 5.95. The van der Waals surface area contributed by atoms with Crippen molar-refractivity contribution in [1.82, 2.24) is 10.2 Å². The van der Waals surface area contributed by atoms with Gasteiger partial charge >= 0.3 is 0 Å². The van der Waals surface area contributed by atoms with E-state index >= 15 is 0 Å². The first-order valence-corrected chi connectivity index (χ1v) is 11.1. The fourth-order valence-electron chi connectivity index (χ4n) is 3.99. The summed E-state index contributed by atoms with van der Waals surface area (Å²) in [5.74, 6) is 1.32. The van der Waals surface area contributed by atoms with Gasteiger partial charge in [-0.05, 0) is 68.8 Å². The van der Waals surface area contributed by atoms with Crippen LogP contribution in [-0.2, 0) is 6.42 Å². The SMILES string of the molecule is COc1ccc(C(=O)NC2CC2)cc1OC1CCN(CCCc2ccccc2)CC1. The standard InChI is InChI=1S/C25H32N2O3/c1-29-23-12-9-20(25(28)26-21-10-11-21)18-24(23)30-22-13-16-27(17-14-22)15-5-8-19-6-3-2-4-7-19/h2-4,6-7,9,12,18,21-22H,5,8,10-11,13-17H2,1H3,(H,26,28). The Morgan fingerprint density at radius 1 is 1.03 bits per heavy atom. The van der Waals surface area contributed by atoms with E-state index in [1.165, 1.54) is 12.0 Å². The maximum atomic E-state index is 12.4. The van der Waals surface area contributed by atoms with E-state index in [0.29, 0.717) is 23.1 Å². The van der Waals surface area contributed by atoms with Gasteiger partial charge in [0, 0.05) is 24.7 Å². The highest BCUT2D eigenvalue weighted by atomic mass is 16.5. The molecule has 0 unspecified atom stereocenters. The third-order valence-corrected chi connectivity index (χ3v) is 5.95. The van der Waals surface area contributed by atoms with E-state index < -0.39 is 0 Å². The lowest BCUT2D eigenvalue weighted by Gasteiger charge is -2.32. The maximum Gasteiger partial charge on any atom is 0.251 e. The van der Waals surface area contributed by atoms with E-state index in [1.54, 1.807) is 13.2 Å². The van der Waals surface area contributed by atoms with Crippen molar-refractivity contribution in [2.24, 2.45) is 0 Å².